The summed E-state index contributed by atoms with van der Waals surface area (Å²) in [6, 6.07) is 3.60. The van der Waals surface area contributed by atoms with Crippen LogP contribution in [0.1, 0.15) is 19.3 Å². The van der Waals surface area contributed by atoms with Gasteiger partial charge in [0.25, 0.3) is 5.91 Å². The van der Waals surface area contributed by atoms with Crippen LogP contribution in [0, 0.1) is 5.82 Å². The molecule has 1 saturated heterocycles. The molecule has 4 nitrogen and oxygen atoms in total. The summed E-state index contributed by atoms with van der Waals surface area (Å²) in [5.41, 5.74) is 0.0574. The van der Waals surface area contributed by atoms with E-state index in [1.54, 1.807) is 0 Å². The maximum atomic E-state index is 13.4. The average Bonchev–Trinajstić information content (AvgIpc) is 2.34. The summed E-state index contributed by atoms with van der Waals surface area (Å²) < 4.78 is 18.7. The number of amides is 1. The van der Waals surface area contributed by atoms with Crippen LogP contribution < -0.4 is 5.32 Å². The molecule has 1 aromatic carbocycles. The molecule has 0 spiro atoms. The molecule has 0 radical (unpaired) electrons. The van der Waals surface area contributed by atoms with E-state index in [-0.39, 0.29) is 17.3 Å². The second-order valence-electron chi connectivity index (χ2n) is 4.01. The predicted octanol–water partition coefficient (Wildman–Crippen LogP) is 2.04. The number of carbonyl (C=O) groups excluding carboxylic acids is 1. The number of nitrogens with one attached hydrogen (secondary N) is 1. The van der Waals surface area contributed by atoms with Gasteiger partial charge < -0.3 is 15.2 Å². The number of phenols is 1. The Hall–Kier alpha value is -1.62. The zero-order valence-corrected chi connectivity index (χ0v) is 9.28. The molecule has 5 heteroatoms. The van der Waals surface area contributed by atoms with Crippen LogP contribution in [0.2, 0.25) is 0 Å². The van der Waals surface area contributed by atoms with Crippen molar-refractivity contribution in [2.45, 2.75) is 25.4 Å². The van der Waals surface area contributed by atoms with E-state index < -0.39 is 11.9 Å². The fourth-order valence-corrected chi connectivity index (χ4v) is 1.77. The molecule has 2 rings (SSSR count). The van der Waals surface area contributed by atoms with Crippen LogP contribution in [0.15, 0.2) is 18.2 Å². The number of anilines is 1. The maximum Gasteiger partial charge on any atom is 0.253 e. The Morgan fingerprint density at radius 1 is 1.47 bits per heavy atom. The molecule has 1 amide bonds. The predicted molar refractivity (Wildman–Crippen MR) is 60.3 cm³/mol. The molecule has 0 aromatic heterocycles. The molecule has 0 bridgehead atoms. The Kier molecular flexibility index (Phi) is 3.58. The lowest BCUT2D eigenvalue weighted by Crippen LogP contribution is -2.33. The number of ether oxygens (including phenoxy) is 1. The second kappa shape index (κ2) is 5.14. The smallest absolute Gasteiger partial charge is 0.253 e. The standard InChI is InChI=1S/C12H14FNO3/c13-9-7-8(15)4-5-10(9)14-12(16)11-3-1-2-6-17-11/h4-5,7,11,15H,1-3,6H2,(H,14,16). The number of aromatic hydroxyl groups is 1. The number of rotatable bonds is 2. The minimum absolute atomic E-state index is 0.0574. The molecule has 1 heterocycles. The Bertz CT molecular complexity index is 416. The van der Waals surface area contributed by atoms with Gasteiger partial charge >= 0.3 is 0 Å². The Morgan fingerprint density at radius 3 is 2.94 bits per heavy atom. The zero-order chi connectivity index (χ0) is 12.3. The number of hydrogen-bond acceptors (Lipinski definition) is 3. The van der Waals surface area contributed by atoms with Crippen LogP contribution in [0.5, 0.6) is 5.75 Å². The Morgan fingerprint density at radius 2 is 2.29 bits per heavy atom. The summed E-state index contributed by atoms with van der Waals surface area (Å²) in [5.74, 6) is -1.17. The summed E-state index contributed by atoms with van der Waals surface area (Å²) >= 11 is 0. The summed E-state index contributed by atoms with van der Waals surface area (Å²) in [7, 11) is 0. The largest absolute Gasteiger partial charge is 0.508 e. The first-order valence-electron chi connectivity index (χ1n) is 5.58. The molecule has 1 aliphatic rings. The van der Waals surface area contributed by atoms with Crippen LogP contribution in [0.4, 0.5) is 10.1 Å². The fraction of sp³-hybridized carbons (Fsp3) is 0.417. The van der Waals surface area contributed by atoms with Crippen molar-refractivity contribution in [1.82, 2.24) is 0 Å². The van der Waals surface area contributed by atoms with Crippen LogP contribution >= 0.6 is 0 Å². The van der Waals surface area contributed by atoms with E-state index in [0.717, 1.165) is 18.9 Å². The van der Waals surface area contributed by atoms with Gasteiger partial charge in [0.1, 0.15) is 17.7 Å². The van der Waals surface area contributed by atoms with E-state index in [2.05, 4.69) is 5.32 Å². The highest BCUT2D eigenvalue weighted by atomic mass is 19.1. The van der Waals surface area contributed by atoms with Gasteiger partial charge in [0, 0.05) is 12.7 Å². The second-order valence-corrected chi connectivity index (χ2v) is 4.01. The van der Waals surface area contributed by atoms with Crippen molar-refractivity contribution in [2.24, 2.45) is 0 Å². The van der Waals surface area contributed by atoms with Crippen molar-refractivity contribution in [1.29, 1.82) is 0 Å². The summed E-state index contributed by atoms with van der Waals surface area (Å²) in [5, 5.41) is 11.5. The number of halogens is 1. The first kappa shape index (κ1) is 11.9. The van der Waals surface area contributed by atoms with Crippen LogP contribution in [0.3, 0.4) is 0 Å². The van der Waals surface area contributed by atoms with Crippen molar-refractivity contribution in [3.05, 3.63) is 24.0 Å². The van der Waals surface area contributed by atoms with Crippen molar-refractivity contribution in [2.75, 3.05) is 11.9 Å². The molecule has 2 N–H and O–H groups in total. The first-order valence-corrected chi connectivity index (χ1v) is 5.58. The molecule has 1 aliphatic heterocycles. The van der Waals surface area contributed by atoms with Crippen molar-refractivity contribution in [3.63, 3.8) is 0 Å². The third-order valence-corrected chi connectivity index (χ3v) is 2.68. The molecule has 92 valence electrons. The average molecular weight is 239 g/mol. The third-order valence-electron chi connectivity index (χ3n) is 2.68. The van der Waals surface area contributed by atoms with Gasteiger partial charge in [0.15, 0.2) is 0 Å². The van der Waals surface area contributed by atoms with E-state index in [0.29, 0.717) is 13.0 Å². The van der Waals surface area contributed by atoms with E-state index in [4.69, 9.17) is 9.84 Å². The van der Waals surface area contributed by atoms with Gasteiger partial charge in [-0.15, -0.1) is 0 Å². The Balaban J connectivity index is 2.02. The van der Waals surface area contributed by atoms with Gasteiger partial charge in [0.05, 0.1) is 5.69 Å². The van der Waals surface area contributed by atoms with Crippen molar-refractivity contribution < 1.29 is 19.0 Å². The SMILES string of the molecule is O=C(Nc1ccc(O)cc1F)C1CCCCO1. The van der Waals surface area contributed by atoms with E-state index in [1.807, 2.05) is 0 Å². The molecular formula is C12H14FNO3. The van der Waals surface area contributed by atoms with Gasteiger partial charge in [-0.25, -0.2) is 4.39 Å². The summed E-state index contributed by atoms with van der Waals surface area (Å²) in [6.07, 6.45) is 2.05. The van der Waals surface area contributed by atoms with Crippen molar-refractivity contribution >= 4 is 11.6 Å². The number of hydrogen-bond donors (Lipinski definition) is 2. The topological polar surface area (TPSA) is 58.6 Å². The van der Waals surface area contributed by atoms with E-state index >= 15 is 0 Å². The lowest BCUT2D eigenvalue weighted by molar-refractivity contribution is -0.130. The van der Waals surface area contributed by atoms with Gasteiger partial charge in [0.2, 0.25) is 0 Å². The molecule has 1 aromatic rings. The molecule has 1 atom stereocenters. The minimum atomic E-state index is -0.658. The van der Waals surface area contributed by atoms with Crippen LogP contribution in [-0.2, 0) is 9.53 Å². The molecular weight excluding hydrogens is 225 g/mol. The van der Waals surface area contributed by atoms with Crippen LogP contribution in [0.25, 0.3) is 0 Å². The Labute approximate surface area is 98.4 Å². The first-order chi connectivity index (χ1) is 8.16. The normalized spacial score (nSPS) is 19.9. The number of carbonyl (C=O) groups is 1. The van der Waals surface area contributed by atoms with E-state index in [9.17, 15) is 9.18 Å². The highest BCUT2D eigenvalue weighted by molar-refractivity contribution is 5.94. The van der Waals surface area contributed by atoms with Gasteiger partial charge in [-0.2, -0.15) is 0 Å². The molecule has 1 unspecified atom stereocenters. The summed E-state index contributed by atoms with van der Waals surface area (Å²) in [6.45, 7) is 0.566. The van der Waals surface area contributed by atoms with Gasteiger partial charge in [-0.05, 0) is 31.4 Å². The quantitative estimate of drug-likeness (QED) is 0.776. The monoisotopic (exact) mass is 239 g/mol. The number of phenolic OH excluding ortho intramolecular Hbond substituents is 1. The molecule has 0 saturated carbocycles. The molecule has 17 heavy (non-hydrogen) atoms. The summed E-state index contributed by atoms with van der Waals surface area (Å²) in [4.78, 5) is 11.7. The number of benzene rings is 1. The fourth-order valence-electron chi connectivity index (χ4n) is 1.77. The minimum Gasteiger partial charge on any atom is -0.508 e. The zero-order valence-electron chi connectivity index (χ0n) is 9.28. The highest BCUT2D eigenvalue weighted by Gasteiger charge is 2.22. The highest BCUT2D eigenvalue weighted by Crippen LogP contribution is 2.21. The van der Waals surface area contributed by atoms with E-state index in [1.165, 1.54) is 12.1 Å². The maximum absolute atomic E-state index is 13.4. The lowest BCUT2D eigenvalue weighted by Gasteiger charge is -2.21. The molecule has 0 aliphatic carbocycles. The van der Waals surface area contributed by atoms with Gasteiger partial charge in [-0.1, -0.05) is 0 Å². The van der Waals surface area contributed by atoms with Crippen molar-refractivity contribution in [3.8, 4) is 5.75 Å². The van der Waals surface area contributed by atoms with Gasteiger partial charge in [-0.3, -0.25) is 4.79 Å². The molecule has 1 fully saturated rings. The third kappa shape index (κ3) is 2.94. The van der Waals surface area contributed by atoms with Crippen LogP contribution in [-0.4, -0.2) is 23.7 Å². The lowest BCUT2D eigenvalue weighted by atomic mass is 10.1.